The molecule has 7 nitrogen and oxygen atoms in total. The van der Waals surface area contributed by atoms with Crippen molar-refractivity contribution >= 4 is 35.4 Å². The number of thiazole rings is 1. The molecule has 1 aromatic carbocycles. The van der Waals surface area contributed by atoms with Gasteiger partial charge < -0.3 is 14.4 Å². The maximum atomic E-state index is 13.0. The van der Waals surface area contributed by atoms with E-state index in [-0.39, 0.29) is 24.6 Å². The fourth-order valence-corrected chi connectivity index (χ4v) is 4.16. The zero-order valence-corrected chi connectivity index (χ0v) is 18.1. The van der Waals surface area contributed by atoms with Crippen molar-refractivity contribution in [1.29, 1.82) is 0 Å². The number of morpholine rings is 1. The summed E-state index contributed by atoms with van der Waals surface area (Å²) in [6.07, 6.45) is 4.00. The maximum absolute atomic E-state index is 13.0. The van der Waals surface area contributed by atoms with Gasteiger partial charge in [0.2, 0.25) is 5.91 Å². The topological polar surface area (TPSA) is 77.8 Å². The first kappa shape index (κ1) is 22.0. The first-order chi connectivity index (χ1) is 14.5. The van der Waals surface area contributed by atoms with Gasteiger partial charge in [-0.3, -0.25) is 14.2 Å². The van der Waals surface area contributed by atoms with Crippen molar-refractivity contribution < 1.29 is 19.1 Å². The molecule has 30 heavy (non-hydrogen) atoms. The van der Waals surface area contributed by atoms with Crippen LogP contribution in [-0.4, -0.2) is 54.3 Å². The van der Waals surface area contributed by atoms with Gasteiger partial charge in [0, 0.05) is 13.1 Å². The normalized spacial score (nSPS) is 15.5. The molecule has 0 N–H and O–H groups in total. The second-order valence-electron chi connectivity index (χ2n) is 6.82. The van der Waals surface area contributed by atoms with Crippen molar-refractivity contribution in [2.24, 2.45) is 0 Å². The Bertz CT molecular complexity index is 1060. The molecule has 160 valence electrons. The number of rotatable bonds is 6. The van der Waals surface area contributed by atoms with Crippen LogP contribution < -0.4 is 14.8 Å². The van der Waals surface area contributed by atoms with Crippen LogP contribution in [0.15, 0.2) is 29.1 Å². The lowest BCUT2D eigenvalue weighted by Crippen LogP contribution is -2.45. The van der Waals surface area contributed by atoms with Gasteiger partial charge in [0.15, 0.2) is 0 Å². The molecule has 0 radical (unpaired) electrons. The maximum Gasteiger partial charge on any atom is 0.333 e. The quantitative estimate of drug-likeness (QED) is 0.624. The van der Waals surface area contributed by atoms with Crippen molar-refractivity contribution in [2.45, 2.75) is 26.8 Å². The van der Waals surface area contributed by atoms with Crippen LogP contribution in [0, 0.1) is 0 Å². The van der Waals surface area contributed by atoms with Crippen LogP contribution in [0.1, 0.15) is 25.0 Å². The Hall–Kier alpha value is -2.71. The summed E-state index contributed by atoms with van der Waals surface area (Å²) in [7, 11) is 0. The number of aryl methyl sites for hydroxylation is 1. The van der Waals surface area contributed by atoms with E-state index in [4.69, 9.17) is 9.47 Å². The molecule has 0 atom stereocenters. The first-order valence-corrected chi connectivity index (χ1v) is 10.9. The highest BCUT2D eigenvalue weighted by Gasteiger charge is 2.19. The van der Waals surface area contributed by atoms with Gasteiger partial charge in [0.05, 0.1) is 30.4 Å². The molecule has 0 aliphatic carbocycles. The van der Waals surface area contributed by atoms with Crippen LogP contribution in [0.4, 0.5) is 0 Å². The number of hydrogen-bond acceptors (Lipinski definition) is 6. The van der Waals surface area contributed by atoms with Crippen LogP contribution in [-0.2, 0) is 32.0 Å². The third-order valence-electron chi connectivity index (χ3n) is 4.81. The number of nitrogens with zero attached hydrogens (tertiary/aromatic N) is 2. The Labute approximate surface area is 178 Å². The monoisotopic (exact) mass is 430 g/mol. The van der Waals surface area contributed by atoms with Gasteiger partial charge in [0.25, 0.3) is 5.56 Å². The van der Waals surface area contributed by atoms with Gasteiger partial charge in [-0.1, -0.05) is 31.2 Å². The number of amides is 1. The number of esters is 1. The third-order valence-corrected chi connectivity index (χ3v) is 5.87. The van der Waals surface area contributed by atoms with Crippen molar-refractivity contribution in [3.05, 3.63) is 54.9 Å². The van der Waals surface area contributed by atoms with Crippen LogP contribution in [0.25, 0.3) is 12.2 Å². The van der Waals surface area contributed by atoms with Crippen molar-refractivity contribution in [3.8, 4) is 0 Å². The summed E-state index contributed by atoms with van der Waals surface area (Å²) in [6.45, 7) is 5.88. The lowest BCUT2D eigenvalue weighted by Gasteiger charge is -2.26. The molecule has 0 spiro atoms. The predicted molar refractivity (Wildman–Crippen MR) is 116 cm³/mol. The minimum absolute atomic E-state index is 0.122. The Balaban J connectivity index is 2.00. The first-order valence-electron chi connectivity index (χ1n) is 10.1. The summed E-state index contributed by atoms with van der Waals surface area (Å²) < 4.78 is 12.5. The molecule has 1 aliphatic heterocycles. The molecular formula is C22H26N2O5S. The van der Waals surface area contributed by atoms with Gasteiger partial charge >= 0.3 is 5.97 Å². The average molecular weight is 431 g/mol. The summed E-state index contributed by atoms with van der Waals surface area (Å²) in [5, 5.41) is 0. The van der Waals surface area contributed by atoms with E-state index in [1.807, 2.05) is 24.3 Å². The molecule has 0 bridgehead atoms. The summed E-state index contributed by atoms with van der Waals surface area (Å²) in [5.74, 6) is -0.708. The fourth-order valence-electron chi connectivity index (χ4n) is 3.13. The number of benzene rings is 1. The predicted octanol–water partition coefficient (Wildman–Crippen LogP) is 0.503. The molecule has 0 saturated carbocycles. The van der Waals surface area contributed by atoms with Gasteiger partial charge in [-0.2, -0.15) is 0 Å². The van der Waals surface area contributed by atoms with Gasteiger partial charge in [-0.05, 0) is 30.5 Å². The van der Waals surface area contributed by atoms with E-state index in [9.17, 15) is 14.4 Å². The SMILES string of the molecule is CCOC(=O)/C=c1\s/c(=C\c2ccc(CC)cc2)c(=O)n1CC(=O)N1CCOCC1. The van der Waals surface area contributed by atoms with E-state index in [2.05, 4.69) is 6.92 Å². The molecule has 1 amide bonds. The third kappa shape index (κ3) is 5.46. The molecule has 1 aliphatic rings. The molecule has 2 aromatic rings. The number of hydrogen-bond donors (Lipinski definition) is 0. The Kier molecular flexibility index (Phi) is 7.59. The number of aromatic nitrogens is 1. The van der Waals surface area contributed by atoms with Crippen LogP contribution >= 0.6 is 11.3 Å². The smallest absolute Gasteiger partial charge is 0.333 e. The largest absolute Gasteiger partial charge is 0.463 e. The number of ether oxygens (including phenoxy) is 2. The Morgan fingerprint density at radius 3 is 2.50 bits per heavy atom. The van der Waals surface area contributed by atoms with E-state index < -0.39 is 5.97 Å². The molecule has 1 saturated heterocycles. The molecule has 3 rings (SSSR count). The number of carbonyl (C=O) groups is 2. The Morgan fingerprint density at radius 1 is 1.17 bits per heavy atom. The second kappa shape index (κ2) is 10.4. The van der Waals surface area contributed by atoms with E-state index in [1.165, 1.54) is 27.5 Å². The zero-order chi connectivity index (χ0) is 21.5. The van der Waals surface area contributed by atoms with Gasteiger partial charge in [-0.25, -0.2) is 4.79 Å². The Morgan fingerprint density at radius 2 is 1.87 bits per heavy atom. The van der Waals surface area contributed by atoms with Crippen molar-refractivity contribution in [3.63, 3.8) is 0 Å². The highest BCUT2D eigenvalue weighted by molar-refractivity contribution is 7.07. The lowest BCUT2D eigenvalue weighted by atomic mass is 10.1. The summed E-state index contributed by atoms with van der Waals surface area (Å²) >= 11 is 1.18. The van der Waals surface area contributed by atoms with E-state index in [0.717, 1.165) is 12.0 Å². The summed E-state index contributed by atoms with van der Waals surface area (Å²) in [6, 6.07) is 7.95. The number of carbonyl (C=O) groups excluding carboxylic acids is 2. The summed E-state index contributed by atoms with van der Waals surface area (Å²) in [5.41, 5.74) is 1.81. The molecular weight excluding hydrogens is 404 g/mol. The summed E-state index contributed by atoms with van der Waals surface area (Å²) in [4.78, 5) is 39.4. The lowest BCUT2D eigenvalue weighted by molar-refractivity contribution is -0.136. The second-order valence-corrected chi connectivity index (χ2v) is 7.89. The standard InChI is InChI=1S/C22H26N2O5S/c1-3-16-5-7-17(8-6-16)13-18-22(27)24(20(30-18)14-21(26)29-4-2)15-19(25)23-9-11-28-12-10-23/h5-8,13-14H,3-4,9-12,15H2,1-2H3/b18-13-,20-14-. The zero-order valence-electron chi connectivity index (χ0n) is 17.3. The molecule has 2 heterocycles. The van der Waals surface area contributed by atoms with Crippen LogP contribution in [0.2, 0.25) is 0 Å². The van der Waals surface area contributed by atoms with Crippen LogP contribution in [0.5, 0.6) is 0 Å². The molecule has 8 heteroatoms. The van der Waals surface area contributed by atoms with E-state index >= 15 is 0 Å². The fraction of sp³-hybridized carbons (Fsp3) is 0.409. The van der Waals surface area contributed by atoms with E-state index in [1.54, 1.807) is 17.9 Å². The minimum atomic E-state index is -0.537. The van der Waals surface area contributed by atoms with E-state index in [0.29, 0.717) is 35.5 Å². The highest BCUT2D eigenvalue weighted by Crippen LogP contribution is 2.05. The van der Waals surface area contributed by atoms with Gasteiger partial charge in [-0.15, -0.1) is 11.3 Å². The van der Waals surface area contributed by atoms with Gasteiger partial charge in [0.1, 0.15) is 11.2 Å². The molecule has 0 unspecified atom stereocenters. The molecule has 1 aromatic heterocycles. The highest BCUT2D eigenvalue weighted by atomic mass is 32.1. The molecule has 1 fully saturated rings. The minimum Gasteiger partial charge on any atom is -0.463 e. The van der Waals surface area contributed by atoms with Crippen molar-refractivity contribution in [2.75, 3.05) is 32.9 Å². The van der Waals surface area contributed by atoms with Crippen molar-refractivity contribution in [1.82, 2.24) is 9.47 Å². The average Bonchev–Trinajstić information content (AvgIpc) is 3.03. The van der Waals surface area contributed by atoms with Crippen LogP contribution in [0.3, 0.4) is 0 Å².